The number of carbonyl (C=O) groups is 2. The lowest BCUT2D eigenvalue weighted by atomic mass is 10.1. The molecule has 0 aromatic heterocycles. The number of ether oxygens (including phenoxy) is 1. The smallest absolute Gasteiger partial charge is 0.244 e. The maximum Gasteiger partial charge on any atom is 0.244 e. The van der Waals surface area contributed by atoms with Crippen molar-refractivity contribution >= 4 is 27.5 Å². The fraction of sp³-hybridized carbons (Fsp3) is 0.462. The van der Waals surface area contributed by atoms with Crippen molar-refractivity contribution in [1.82, 2.24) is 10.2 Å². The number of anilines is 1. The van der Waals surface area contributed by atoms with E-state index in [0.29, 0.717) is 31.0 Å². The highest BCUT2D eigenvalue weighted by molar-refractivity contribution is 7.92. The van der Waals surface area contributed by atoms with Gasteiger partial charge in [-0.2, -0.15) is 0 Å². The molecule has 0 heterocycles. The molecule has 0 saturated heterocycles. The van der Waals surface area contributed by atoms with Crippen LogP contribution in [0.4, 0.5) is 5.69 Å². The number of hydrogen-bond acceptors (Lipinski definition) is 5. The first kappa shape index (κ1) is 28.2. The lowest BCUT2D eigenvalue weighted by molar-refractivity contribution is -0.140. The van der Waals surface area contributed by atoms with Gasteiger partial charge in [0.25, 0.3) is 0 Å². The molecule has 1 N–H and O–H groups in total. The quantitative estimate of drug-likeness (QED) is 0.452. The van der Waals surface area contributed by atoms with E-state index in [1.807, 2.05) is 58.0 Å². The molecule has 0 aliphatic rings. The summed E-state index contributed by atoms with van der Waals surface area (Å²) in [6, 6.07) is 15.2. The van der Waals surface area contributed by atoms with Crippen LogP contribution in [0, 0.1) is 5.92 Å². The third-order valence-electron chi connectivity index (χ3n) is 5.38. The van der Waals surface area contributed by atoms with Crippen LogP contribution < -0.4 is 14.4 Å². The molecule has 9 heteroatoms. The topological polar surface area (TPSA) is 96.0 Å². The number of benzene rings is 2. The summed E-state index contributed by atoms with van der Waals surface area (Å²) >= 11 is 0. The number of carbonyl (C=O) groups excluding carboxylic acids is 2. The molecular formula is C26H37N3O5S. The van der Waals surface area contributed by atoms with Crippen LogP contribution in [0.25, 0.3) is 0 Å². The second-order valence-electron chi connectivity index (χ2n) is 8.77. The minimum absolute atomic E-state index is 0.189. The van der Waals surface area contributed by atoms with Gasteiger partial charge < -0.3 is 15.0 Å². The van der Waals surface area contributed by atoms with E-state index in [4.69, 9.17) is 4.74 Å². The maximum atomic E-state index is 13.6. The highest BCUT2D eigenvalue weighted by Crippen LogP contribution is 2.23. The first-order valence-corrected chi connectivity index (χ1v) is 13.7. The molecule has 1 atom stereocenters. The summed E-state index contributed by atoms with van der Waals surface area (Å²) in [5.74, 6) is 0.155. The Hall–Kier alpha value is -3.07. The van der Waals surface area contributed by atoms with Gasteiger partial charge in [-0.15, -0.1) is 0 Å². The summed E-state index contributed by atoms with van der Waals surface area (Å²) in [5, 5.41) is 2.91. The van der Waals surface area contributed by atoms with Gasteiger partial charge in [0.15, 0.2) is 0 Å². The molecule has 0 aliphatic heterocycles. The Morgan fingerprint density at radius 3 is 2.14 bits per heavy atom. The van der Waals surface area contributed by atoms with Crippen molar-refractivity contribution in [2.45, 2.75) is 46.7 Å². The Labute approximate surface area is 209 Å². The summed E-state index contributed by atoms with van der Waals surface area (Å²) in [5.41, 5.74) is 1.20. The van der Waals surface area contributed by atoms with Crippen LogP contribution in [-0.2, 0) is 26.2 Å². The molecular weight excluding hydrogens is 466 g/mol. The fourth-order valence-corrected chi connectivity index (χ4v) is 4.46. The van der Waals surface area contributed by atoms with Crippen LogP contribution in [0.3, 0.4) is 0 Å². The summed E-state index contributed by atoms with van der Waals surface area (Å²) < 4.78 is 31.8. The Morgan fingerprint density at radius 2 is 1.63 bits per heavy atom. The SMILES string of the molecule is CCOc1ccc(N(CC(=O)N(Cc2ccccc2)C(CC)C(=O)NCC(C)C)S(C)(=O)=O)cc1. The third-order valence-corrected chi connectivity index (χ3v) is 6.52. The zero-order chi connectivity index (χ0) is 26.0. The predicted octanol–water partition coefficient (Wildman–Crippen LogP) is 3.43. The summed E-state index contributed by atoms with van der Waals surface area (Å²) in [6.45, 7) is 8.43. The first-order valence-electron chi connectivity index (χ1n) is 11.9. The van der Waals surface area contributed by atoms with E-state index >= 15 is 0 Å². The van der Waals surface area contributed by atoms with Crippen LogP contribution >= 0.6 is 0 Å². The number of sulfonamides is 1. The number of nitrogens with zero attached hydrogens (tertiary/aromatic N) is 2. The molecule has 2 rings (SSSR count). The second-order valence-corrected chi connectivity index (χ2v) is 10.7. The van der Waals surface area contributed by atoms with Gasteiger partial charge in [-0.3, -0.25) is 13.9 Å². The molecule has 2 amide bonds. The maximum absolute atomic E-state index is 13.6. The van der Waals surface area contributed by atoms with Crippen molar-refractivity contribution in [2.24, 2.45) is 5.92 Å². The van der Waals surface area contributed by atoms with Gasteiger partial charge in [-0.1, -0.05) is 51.1 Å². The van der Waals surface area contributed by atoms with E-state index in [0.717, 1.165) is 16.1 Å². The third kappa shape index (κ3) is 8.58. The molecule has 0 spiro atoms. The summed E-state index contributed by atoms with van der Waals surface area (Å²) in [6.07, 6.45) is 1.45. The normalized spacial score (nSPS) is 12.2. The van der Waals surface area contributed by atoms with Crippen molar-refractivity contribution in [1.29, 1.82) is 0 Å². The van der Waals surface area contributed by atoms with Crippen LogP contribution in [0.5, 0.6) is 5.75 Å². The van der Waals surface area contributed by atoms with E-state index in [1.165, 1.54) is 4.90 Å². The van der Waals surface area contributed by atoms with Crippen molar-refractivity contribution in [3.05, 3.63) is 60.2 Å². The van der Waals surface area contributed by atoms with Gasteiger partial charge in [0.1, 0.15) is 18.3 Å². The molecule has 35 heavy (non-hydrogen) atoms. The van der Waals surface area contributed by atoms with Crippen LogP contribution in [0.1, 0.15) is 39.7 Å². The number of hydrogen-bond donors (Lipinski definition) is 1. The molecule has 2 aromatic rings. The second kappa shape index (κ2) is 13.1. The van der Waals surface area contributed by atoms with E-state index < -0.39 is 28.5 Å². The van der Waals surface area contributed by atoms with E-state index in [1.54, 1.807) is 24.3 Å². The molecule has 8 nitrogen and oxygen atoms in total. The van der Waals surface area contributed by atoms with Gasteiger partial charge in [-0.25, -0.2) is 8.42 Å². The highest BCUT2D eigenvalue weighted by atomic mass is 32.2. The Kier molecular flexibility index (Phi) is 10.6. The molecule has 0 radical (unpaired) electrons. The van der Waals surface area contributed by atoms with Crippen molar-refractivity contribution in [3.63, 3.8) is 0 Å². The van der Waals surface area contributed by atoms with E-state index in [-0.39, 0.29) is 18.4 Å². The molecule has 192 valence electrons. The number of nitrogens with one attached hydrogen (secondary N) is 1. The minimum Gasteiger partial charge on any atom is -0.494 e. The van der Waals surface area contributed by atoms with Gasteiger partial charge in [-0.05, 0) is 49.1 Å². The number of amides is 2. The Bertz CT molecular complexity index is 1060. The summed E-state index contributed by atoms with van der Waals surface area (Å²) in [4.78, 5) is 28.1. The minimum atomic E-state index is -3.77. The van der Waals surface area contributed by atoms with Crippen LogP contribution in [0.2, 0.25) is 0 Å². The average molecular weight is 504 g/mol. The van der Waals surface area contributed by atoms with Crippen LogP contribution in [-0.4, -0.2) is 57.1 Å². The van der Waals surface area contributed by atoms with Crippen LogP contribution in [0.15, 0.2) is 54.6 Å². The average Bonchev–Trinajstić information content (AvgIpc) is 2.81. The highest BCUT2D eigenvalue weighted by Gasteiger charge is 2.31. The molecule has 0 bridgehead atoms. The van der Waals surface area contributed by atoms with E-state index in [9.17, 15) is 18.0 Å². The Balaban J connectivity index is 2.37. The molecule has 0 aliphatic carbocycles. The first-order chi connectivity index (χ1) is 16.6. The van der Waals surface area contributed by atoms with Crippen molar-refractivity contribution in [2.75, 3.05) is 30.3 Å². The number of rotatable bonds is 13. The van der Waals surface area contributed by atoms with Crippen molar-refractivity contribution in [3.8, 4) is 5.75 Å². The standard InChI is InChI=1S/C26H37N3O5S/c1-6-24(26(31)27-17-20(3)4)28(18-21-11-9-8-10-12-21)25(30)19-29(35(5,32)33)22-13-15-23(16-14-22)34-7-2/h8-16,20,24H,6-7,17-19H2,1-5H3,(H,27,31). The fourth-order valence-electron chi connectivity index (χ4n) is 3.61. The van der Waals surface area contributed by atoms with Gasteiger partial charge in [0, 0.05) is 13.1 Å². The van der Waals surface area contributed by atoms with Gasteiger partial charge in [0.2, 0.25) is 21.8 Å². The lowest BCUT2D eigenvalue weighted by Crippen LogP contribution is -2.52. The molecule has 2 aromatic carbocycles. The summed E-state index contributed by atoms with van der Waals surface area (Å²) in [7, 11) is -3.77. The zero-order valence-electron chi connectivity index (χ0n) is 21.2. The monoisotopic (exact) mass is 503 g/mol. The Morgan fingerprint density at radius 1 is 1.00 bits per heavy atom. The van der Waals surface area contributed by atoms with Gasteiger partial charge >= 0.3 is 0 Å². The molecule has 1 unspecified atom stereocenters. The predicted molar refractivity (Wildman–Crippen MR) is 139 cm³/mol. The lowest BCUT2D eigenvalue weighted by Gasteiger charge is -2.33. The molecule has 0 fully saturated rings. The van der Waals surface area contributed by atoms with Crippen molar-refractivity contribution < 1.29 is 22.7 Å². The van der Waals surface area contributed by atoms with Gasteiger partial charge in [0.05, 0.1) is 18.6 Å². The zero-order valence-corrected chi connectivity index (χ0v) is 22.0. The molecule has 0 saturated carbocycles. The largest absolute Gasteiger partial charge is 0.494 e. The van der Waals surface area contributed by atoms with E-state index in [2.05, 4.69) is 5.32 Å².